The Hall–Kier alpha value is -1.41. The maximum Gasteiger partial charge on any atom is 0.0860 e. The van der Waals surface area contributed by atoms with Gasteiger partial charge >= 0.3 is 0 Å². The molecule has 0 N–H and O–H groups in total. The fourth-order valence-corrected chi connectivity index (χ4v) is 6.70. The smallest absolute Gasteiger partial charge is 0.0860 e. The highest BCUT2D eigenvalue weighted by Gasteiger charge is 2.22. The fourth-order valence-electron chi connectivity index (χ4n) is 4.86. The van der Waals surface area contributed by atoms with E-state index < -0.39 is 10.8 Å². The van der Waals surface area contributed by atoms with Crippen LogP contribution < -0.4 is 0 Å². The lowest BCUT2D eigenvalue weighted by Gasteiger charge is -2.21. The van der Waals surface area contributed by atoms with E-state index in [4.69, 9.17) is 0 Å². The van der Waals surface area contributed by atoms with Crippen LogP contribution in [-0.4, -0.2) is 4.21 Å². The SMILES string of the molecule is CCCCCCc1c(CC)ccc(C)c1S(=O)c1c(C)ccc(CC)c1CCCCCC. The van der Waals surface area contributed by atoms with Crippen molar-refractivity contribution in [1.29, 1.82) is 0 Å². The van der Waals surface area contributed by atoms with Crippen molar-refractivity contribution in [3.63, 3.8) is 0 Å². The van der Waals surface area contributed by atoms with Gasteiger partial charge in [0.1, 0.15) is 0 Å². The van der Waals surface area contributed by atoms with Crippen LogP contribution >= 0.6 is 0 Å². The van der Waals surface area contributed by atoms with Crippen LogP contribution in [0.5, 0.6) is 0 Å². The molecule has 0 aliphatic carbocycles. The van der Waals surface area contributed by atoms with Gasteiger partial charge < -0.3 is 0 Å². The van der Waals surface area contributed by atoms with Crippen LogP contribution in [0.1, 0.15) is 112 Å². The van der Waals surface area contributed by atoms with Crippen molar-refractivity contribution in [3.8, 4) is 0 Å². The Morgan fingerprint density at radius 2 is 1.00 bits per heavy atom. The van der Waals surface area contributed by atoms with Crippen LogP contribution in [0.25, 0.3) is 0 Å². The second-order valence-corrected chi connectivity index (χ2v) is 10.6. The fraction of sp³-hybridized carbons (Fsp3) is 0.600. The lowest BCUT2D eigenvalue weighted by atomic mass is 9.97. The monoisotopic (exact) mass is 454 g/mol. The molecule has 0 bridgehead atoms. The van der Waals surface area contributed by atoms with Gasteiger partial charge in [0.25, 0.3) is 0 Å². The van der Waals surface area contributed by atoms with Gasteiger partial charge in [0.15, 0.2) is 0 Å². The minimum absolute atomic E-state index is 1.01. The normalized spacial score (nSPS) is 11.5. The standard InChI is InChI=1S/C30H46OS/c1-7-11-13-15-17-27-25(9-3)21-19-23(5)29(27)32(31)30-24(6)20-22-26(10-4)28(30)18-16-14-12-8-2/h19-22H,7-18H2,1-6H3. The maximum absolute atomic E-state index is 14.4. The van der Waals surface area contributed by atoms with E-state index in [0.29, 0.717) is 0 Å². The van der Waals surface area contributed by atoms with Crippen LogP contribution in [0, 0.1) is 13.8 Å². The average molecular weight is 455 g/mol. The zero-order valence-corrected chi connectivity index (χ0v) is 22.4. The highest BCUT2D eigenvalue weighted by Crippen LogP contribution is 2.34. The number of hydrogen-bond donors (Lipinski definition) is 0. The molecule has 0 saturated heterocycles. The summed E-state index contributed by atoms with van der Waals surface area (Å²) in [6.45, 7) is 13.3. The van der Waals surface area contributed by atoms with Gasteiger partial charge in [-0.05, 0) is 85.8 Å². The van der Waals surface area contributed by atoms with Crippen LogP contribution in [0.15, 0.2) is 34.1 Å². The van der Waals surface area contributed by atoms with Gasteiger partial charge in [0.05, 0.1) is 20.6 Å². The summed E-state index contributed by atoms with van der Waals surface area (Å²) in [6, 6.07) is 8.93. The lowest BCUT2D eigenvalue weighted by Crippen LogP contribution is -2.10. The number of aryl methyl sites for hydroxylation is 4. The number of benzene rings is 2. The molecular weight excluding hydrogens is 408 g/mol. The summed E-state index contributed by atoms with van der Waals surface area (Å²) in [6.07, 6.45) is 14.1. The largest absolute Gasteiger partial charge is 0.249 e. The Morgan fingerprint density at radius 1 is 0.594 bits per heavy atom. The van der Waals surface area contributed by atoms with E-state index in [-0.39, 0.29) is 0 Å². The second-order valence-electron chi connectivity index (χ2n) is 9.30. The topological polar surface area (TPSA) is 17.1 Å². The Bertz CT molecular complexity index is 809. The maximum atomic E-state index is 14.4. The number of rotatable bonds is 14. The van der Waals surface area contributed by atoms with Gasteiger partial charge in [-0.15, -0.1) is 0 Å². The average Bonchev–Trinajstić information content (AvgIpc) is 2.79. The molecule has 2 aromatic carbocycles. The van der Waals surface area contributed by atoms with E-state index in [1.54, 1.807) is 0 Å². The van der Waals surface area contributed by atoms with Gasteiger partial charge in [-0.25, -0.2) is 4.21 Å². The van der Waals surface area contributed by atoms with Crippen LogP contribution in [-0.2, 0) is 36.5 Å². The van der Waals surface area contributed by atoms with Crippen molar-refractivity contribution in [1.82, 2.24) is 0 Å². The Morgan fingerprint density at radius 3 is 1.34 bits per heavy atom. The first-order valence-electron chi connectivity index (χ1n) is 13.1. The highest BCUT2D eigenvalue weighted by atomic mass is 32.2. The third-order valence-corrected chi connectivity index (χ3v) is 8.68. The molecule has 0 heterocycles. The summed E-state index contributed by atoms with van der Waals surface area (Å²) in [7, 11) is -1.13. The molecular formula is C30H46OS. The summed E-state index contributed by atoms with van der Waals surface area (Å²) in [5.74, 6) is 0. The molecule has 0 aliphatic heterocycles. The van der Waals surface area contributed by atoms with Gasteiger partial charge in [-0.3, -0.25) is 0 Å². The molecule has 0 spiro atoms. The van der Waals surface area contributed by atoms with Crippen molar-refractivity contribution >= 4 is 10.8 Å². The van der Waals surface area contributed by atoms with Gasteiger partial charge in [-0.2, -0.15) is 0 Å². The molecule has 0 aromatic heterocycles. The van der Waals surface area contributed by atoms with Crippen molar-refractivity contribution in [2.75, 3.05) is 0 Å². The summed E-state index contributed by atoms with van der Waals surface area (Å²) < 4.78 is 14.4. The predicted molar refractivity (Wildman–Crippen MR) is 141 cm³/mol. The van der Waals surface area contributed by atoms with Crippen LogP contribution in [0.4, 0.5) is 0 Å². The Kier molecular flexibility index (Phi) is 11.7. The van der Waals surface area contributed by atoms with Crippen molar-refractivity contribution in [2.24, 2.45) is 0 Å². The molecule has 0 saturated carbocycles. The molecule has 2 aromatic rings. The first kappa shape index (κ1) is 26.8. The molecule has 0 unspecified atom stereocenters. The molecule has 1 nitrogen and oxygen atoms in total. The molecule has 0 fully saturated rings. The highest BCUT2D eigenvalue weighted by molar-refractivity contribution is 7.85. The summed E-state index contributed by atoms with van der Waals surface area (Å²) >= 11 is 0. The minimum Gasteiger partial charge on any atom is -0.249 e. The van der Waals surface area contributed by atoms with Crippen molar-refractivity contribution in [2.45, 2.75) is 128 Å². The second kappa shape index (κ2) is 14.0. The first-order valence-corrected chi connectivity index (χ1v) is 14.3. The molecule has 2 heteroatoms. The minimum atomic E-state index is -1.13. The lowest BCUT2D eigenvalue weighted by molar-refractivity contribution is 0.651. The third-order valence-electron chi connectivity index (χ3n) is 6.80. The number of unbranched alkanes of at least 4 members (excludes halogenated alkanes) is 6. The zero-order chi connectivity index (χ0) is 23.5. The number of hydrogen-bond acceptors (Lipinski definition) is 1. The molecule has 0 aliphatic rings. The zero-order valence-electron chi connectivity index (χ0n) is 21.6. The predicted octanol–water partition coefficient (Wildman–Crippen LogP) is 8.84. The van der Waals surface area contributed by atoms with E-state index >= 15 is 0 Å². The molecule has 0 atom stereocenters. The quantitative estimate of drug-likeness (QED) is 0.260. The van der Waals surface area contributed by atoms with E-state index in [1.807, 2.05) is 0 Å². The Labute approximate surface area is 200 Å². The first-order chi connectivity index (χ1) is 15.5. The molecule has 2 rings (SSSR count). The molecule has 0 amide bonds. The van der Waals surface area contributed by atoms with Gasteiger partial charge in [-0.1, -0.05) is 90.5 Å². The Balaban J connectivity index is 2.54. The van der Waals surface area contributed by atoms with E-state index in [1.165, 1.54) is 84.7 Å². The van der Waals surface area contributed by atoms with Crippen molar-refractivity contribution in [3.05, 3.63) is 57.6 Å². The van der Waals surface area contributed by atoms with Crippen LogP contribution in [0.3, 0.4) is 0 Å². The molecule has 0 radical (unpaired) electrons. The van der Waals surface area contributed by atoms with Crippen molar-refractivity contribution < 1.29 is 4.21 Å². The van der Waals surface area contributed by atoms with E-state index in [2.05, 4.69) is 65.8 Å². The summed E-state index contributed by atoms with van der Waals surface area (Å²) in [5, 5.41) is 0. The summed E-state index contributed by atoms with van der Waals surface area (Å²) in [4.78, 5) is 2.21. The summed E-state index contributed by atoms with van der Waals surface area (Å²) in [5.41, 5.74) is 7.85. The van der Waals surface area contributed by atoms with Crippen LogP contribution in [0.2, 0.25) is 0 Å². The van der Waals surface area contributed by atoms with Gasteiger partial charge in [0.2, 0.25) is 0 Å². The van der Waals surface area contributed by atoms with E-state index in [0.717, 1.165) is 35.5 Å². The van der Waals surface area contributed by atoms with Gasteiger partial charge in [0, 0.05) is 0 Å². The molecule has 178 valence electrons. The van der Waals surface area contributed by atoms with E-state index in [9.17, 15) is 4.21 Å². The third kappa shape index (κ3) is 6.80. The molecule has 32 heavy (non-hydrogen) atoms.